The van der Waals surface area contributed by atoms with Crippen LogP contribution in [0.1, 0.15) is 28.8 Å². The second-order valence-electron chi connectivity index (χ2n) is 4.86. The SMILES string of the molecule is NC(=O)c1ccc(CNCC2CCOCC2)c(Cl)c1. The first-order valence-corrected chi connectivity index (χ1v) is 6.91. The van der Waals surface area contributed by atoms with E-state index in [-0.39, 0.29) is 0 Å². The molecule has 0 aromatic heterocycles. The molecule has 4 nitrogen and oxygen atoms in total. The van der Waals surface area contributed by atoms with Crippen molar-refractivity contribution < 1.29 is 9.53 Å². The van der Waals surface area contributed by atoms with Crippen LogP contribution in [0, 0.1) is 5.92 Å². The highest BCUT2D eigenvalue weighted by atomic mass is 35.5. The first-order chi connectivity index (χ1) is 9.16. The van der Waals surface area contributed by atoms with Gasteiger partial charge in [-0.15, -0.1) is 0 Å². The van der Waals surface area contributed by atoms with Crippen LogP contribution in [0.3, 0.4) is 0 Å². The van der Waals surface area contributed by atoms with Crippen molar-refractivity contribution in [2.45, 2.75) is 19.4 Å². The van der Waals surface area contributed by atoms with Crippen LogP contribution in [0.15, 0.2) is 18.2 Å². The molecule has 1 amide bonds. The highest BCUT2D eigenvalue weighted by Gasteiger charge is 2.13. The molecule has 0 unspecified atom stereocenters. The highest BCUT2D eigenvalue weighted by molar-refractivity contribution is 6.31. The summed E-state index contributed by atoms with van der Waals surface area (Å²) in [6, 6.07) is 5.18. The third-order valence-electron chi connectivity index (χ3n) is 3.43. The summed E-state index contributed by atoms with van der Waals surface area (Å²) in [4.78, 5) is 11.0. The van der Waals surface area contributed by atoms with Crippen molar-refractivity contribution >= 4 is 17.5 Å². The first-order valence-electron chi connectivity index (χ1n) is 6.53. The van der Waals surface area contributed by atoms with E-state index in [2.05, 4.69) is 5.32 Å². The Kier molecular flexibility index (Phi) is 5.19. The molecule has 0 atom stereocenters. The molecule has 1 fully saturated rings. The zero-order valence-corrected chi connectivity index (χ0v) is 11.6. The van der Waals surface area contributed by atoms with E-state index < -0.39 is 5.91 Å². The van der Waals surface area contributed by atoms with Crippen molar-refractivity contribution in [2.24, 2.45) is 11.7 Å². The predicted octanol–water partition coefficient (Wildman–Crippen LogP) is 1.96. The lowest BCUT2D eigenvalue weighted by Crippen LogP contribution is -2.27. The van der Waals surface area contributed by atoms with E-state index in [4.69, 9.17) is 22.1 Å². The largest absolute Gasteiger partial charge is 0.381 e. The number of carbonyl (C=O) groups excluding carboxylic acids is 1. The van der Waals surface area contributed by atoms with Gasteiger partial charge in [0.15, 0.2) is 0 Å². The minimum atomic E-state index is -0.455. The van der Waals surface area contributed by atoms with Gasteiger partial charge in [0.25, 0.3) is 0 Å². The Morgan fingerprint density at radius 1 is 1.42 bits per heavy atom. The minimum Gasteiger partial charge on any atom is -0.381 e. The van der Waals surface area contributed by atoms with Gasteiger partial charge in [0, 0.05) is 30.3 Å². The smallest absolute Gasteiger partial charge is 0.248 e. The molecule has 0 bridgehead atoms. The number of hydrogen-bond acceptors (Lipinski definition) is 3. The summed E-state index contributed by atoms with van der Waals surface area (Å²) in [5.41, 5.74) is 6.63. The van der Waals surface area contributed by atoms with Gasteiger partial charge in [0.05, 0.1) is 0 Å². The fraction of sp³-hybridized carbons (Fsp3) is 0.500. The minimum absolute atomic E-state index is 0.443. The summed E-state index contributed by atoms with van der Waals surface area (Å²) in [6.45, 7) is 3.40. The monoisotopic (exact) mass is 282 g/mol. The first kappa shape index (κ1) is 14.3. The molecule has 1 saturated heterocycles. The fourth-order valence-electron chi connectivity index (χ4n) is 2.21. The Hall–Kier alpha value is -1.10. The van der Waals surface area contributed by atoms with Gasteiger partial charge < -0.3 is 15.8 Å². The molecular weight excluding hydrogens is 264 g/mol. The number of nitrogens with one attached hydrogen (secondary N) is 1. The molecule has 104 valence electrons. The quantitative estimate of drug-likeness (QED) is 0.868. The second-order valence-corrected chi connectivity index (χ2v) is 5.26. The summed E-state index contributed by atoms with van der Waals surface area (Å²) in [7, 11) is 0. The van der Waals surface area contributed by atoms with Crippen LogP contribution in [0.5, 0.6) is 0 Å². The van der Waals surface area contributed by atoms with Gasteiger partial charge in [-0.05, 0) is 43.0 Å². The lowest BCUT2D eigenvalue weighted by Gasteiger charge is -2.22. The van der Waals surface area contributed by atoms with Gasteiger partial charge >= 0.3 is 0 Å². The molecule has 0 radical (unpaired) electrons. The Morgan fingerprint density at radius 3 is 2.79 bits per heavy atom. The number of benzene rings is 1. The van der Waals surface area contributed by atoms with Crippen LogP contribution in [-0.4, -0.2) is 25.7 Å². The molecular formula is C14H19ClN2O2. The molecule has 0 spiro atoms. The highest BCUT2D eigenvalue weighted by Crippen LogP contribution is 2.18. The molecule has 1 aliphatic heterocycles. The molecule has 1 aliphatic rings. The van der Waals surface area contributed by atoms with Crippen molar-refractivity contribution in [2.75, 3.05) is 19.8 Å². The maximum absolute atomic E-state index is 11.0. The zero-order valence-electron chi connectivity index (χ0n) is 10.8. The summed E-state index contributed by atoms with van der Waals surface area (Å²) in [6.07, 6.45) is 2.22. The molecule has 3 N–H and O–H groups in total. The van der Waals surface area contributed by atoms with E-state index in [1.54, 1.807) is 12.1 Å². The van der Waals surface area contributed by atoms with E-state index >= 15 is 0 Å². The Bertz CT molecular complexity index is 445. The molecule has 1 aromatic carbocycles. The number of halogens is 1. The molecule has 2 rings (SSSR count). The van der Waals surface area contributed by atoms with Crippen molar-refractivity contribution in [3.05, 3.63) is 34.3 Å². The van der Waals surface area contributed by atoms with Gasteiger partial charge in [-0.1, -0.05) is 17.7 Å². The normalized spacial score (nSPS) is 16.5. The van der Waals surface area contributed by atoms with Gasteiger partial charge in [-0.25, -0.2) is 0 Å². The van der Waals surface area contributed by atoms with E-state index in [1.165, 1.54) is 0 Å². The van der Waals surface area contributed by atoms with E-state index in [0.29, 0.717) is 23.0 Å². The van der Waals surface area contributed by atoms with Crippen molar-refractivity contribution in [1.29, 1.82) is 0 Å². The van der Waals surface area contributed by atoms with Crippen molar-refractivity contribution in [1.82, 2.24) is 5.32 Å². The van der Waals surface area contributed by atoms with Crippen LogP contribution in [-0.2, 0) is 11.3 Å². The van der Waals surface area contributed by atoms with Gasteiger partial charge in [-0.3, -0.25) is 4.79 Å². The van der Waals surface area contributed by atoms with E-state index in [0.717, 1.165) is 38.2 Å². The predicted molar refractivity (Wildman–Crippen MR) is 75.2 cm³/mol. The maximum Gasteiger partial charge on any atom is 0.248 e. The number of nitrogens with two attached hydrogens (primary N) is 1. The summed E-state index contributed by atoms with van der Waals surface area (Å²) in [5, 5.41) is 3.98. The Balaban J connectivity index is 1.83. The third-order valence-corrected chi connectivity index (χ3v) is 3.78. The van der Waals surface area contributed by atoms with Gasteiger partial charge in [0.2, 0.25) is 5.91 Å². The number of primary amides is 1. The molecule has 19 heavy (non-hydrogen) atoms. The van der Waals surface area contributed by atoms with Crippen LogP contribution in [0.25, 0.3) is 0 Å². The molecule has 1 heterocycles. The van der Waals surface area contributed by atoms with Crippen molar-refractivity contribution in [3.63, 3.8) is 0 Å². The number of carbonyl (C=O) groups is 1. The van der Waals surface area contributed by atoms with E-state index in [1.807, 2.05) is 6.07 Å². The van der Waals surface area contributed by atoms with Crippen molar-refractivity contribution in [3.8, 4) is 0 Å². The number of amides is 1. The number of hydrogen-bond donors (Lipinski definition) is 2. The average molecular weight is 283 g/mol. The van der Waals surface area contributed by atoms with E-state index in [9.17, 15) is 4.79 Å². The fourth-order valence-corrected chi connectivity index (χ4v) is 2.45. The lowest BCUT2D eigenvalue weighted by atomic mass is 10.0. The van der Waals surface area contributed by atoms with Crippen LogP contribution < -0.4 is 11.1 Å². The summed E-state index contributed by atoms with van der Waals surface area (Å²) in [5.74, 6) is 0.223. The molecule has 0 aliphatic carbocycles. The molecule has 1 aromatic rings. The molecule has 0 saturated carbocycles. The second kappa shape index (κ2) is 6.89. The zero-order chi connectivity index (χ0) is 13.7. The molecule has 5 heteroatoms. The van der Waals surface area contributed by atoms with Gasteiger partial charge in [-0.2, -0.15) is 0 Å². The van der Waals surface area contributed by atoms with Gasteiger partial charge in [0.1, 0.15) is 0 Å². The van der Waals surface area contributed by atoms with Crippen LogP contribution in [0.2, 0.25) is 5.02 Å². The summed E-state index contributed by atoms with van der Waals surface area (Å²) >= 11 is 6.13. The topological polar surface area (TPSA) is 64.4 Å². The van der Waals surface area contributed by atoms with Crippen LogP contribution >= 0.6 is 11.6 Å². The average Bonchev–Trinajstić information content (AvgIpc) is 2.41. The third kappa shape index (κ3) is 4.20. The number of rotatable bonds is 5. The number of ether oxygens (including phenoxy) is 1. The Labute approximate surface area is 118 Å². The standard InChI is InChI=1S/C14H19ClN2O2/c15-13-7-11(14(16)18)1-2-12(13)9-17-8-10-3-5-19-6-4-10/h1-2,7,10,17H,3-6,8-9H2,(H2,16,18). The Morgan fingerprint density at radius 2 is 2.16 bits per heavy atom. The maximum atomic E-state index is 11.0. The van der Waals surface area contributed by atoms with Crippen LogP contribution in [0.4, 0.5) is 0 Å². The summed E-state index contributed by atoms with van der Waals surface area (Å²) < 4.78 is 5.33. The lowest BCUT2D eigenvalue weighted by molar-refractivity contribution is 0.0662.